The quantitative estimate of drug-likeness (QED) is 0.776. The summed E-state index contributed by atoms with van der Waals surface area (Å²) < 4.78 is 10.7. The standard InChI is InChI=1S/C10H15N3O2/c1-14-6-8-4-10(13-7-12-8)15-9-2-3-11-5-9/h4,7,9,11H,2-3,5-6H2,1H3. The largest absolute Gasteiger partial charge is 0.473 e. The van der Waals surface area contributed by atoms with Crippen LogP contribution in [0.15, 0.2) is 12.4 Å². The lowest BCUT2D eigenvalue weighted by molar-refractivity contribution is 0.178. The second-order valence-electron chi connectivity index (χ2n) is 3.51. The van der Waals surface area contributed by atoms with Crippen molar-refractivity contribution in [3.05, 3.63) is 18.1 Å². The third-order valence-electron chi connectivity index (χ3n) is 2.29. The van der Waals surface area contributed by atoms with Crippen LogP contribution in [-0.2, 0) is 11.3 Å². The molecule has 0 saturated carbocycles. The third kappa shape index (κ3) is 2.87. The van der Waals surface area contributed by atoms with E-state index in [1.54, 1.807) is 7.11 Å². The fourth-order valence-corrected chi connectivity index (χ4v) is 1.57. The molecule has 0 aliphatic carbocycles. The number of hydrogen-bond donors (Lipinski definition) is 1. The Morgan fingerprint density at radius 2 is 2.47 bits per heavy atom. The number of aromatic nitrogens is 2. The molecule has 0 radical (unpaired) electrons. The molecule has 5 heteroatoms. The van der Waals surface area contributed by atoms with Crippen molar-refractivity contribution in [2.24, 2.45) is 0 Å². The number of nitrogens with zero attached hydrogens (tertiary/aromatic N) is 2. The monoisotopic (exact) mass is 209 g/mol. The Bertz CT molecular complexity index is 313. The molecule has 1 N–H and O–H groups in total. The van der Waals surface area contributed by atoms with Crippen LogP contribution in [0.4, 0.5) is 0 Å². The molecule has 2 heterocycles. The van der Waals surface area contributed by atoms with Gasteiger partial charge in [-0.2, -0.15) is 0 Å². The first kappa shape index (κ1) is 10.3. The van der Waals surface area contributed by atoms with E-state index < -0.39 is 0 Å². The average molecular weight is 209 g/mol. The van der Waals surface area contributed by atoms with E-state index in [4.69, 9.17) is 9.47 Å². The van der Waals surface area contributed by atoms with Crippen LogP contribution in [0.5, 0.6) is 5.88 Å². The predicted molar refractivity (Wildman–Crippen MR) is 54.6 cm³/mol. The summed E-state index contributed by atoms with van der Waals surface area (Å²) in [5, 5.41) is 3.24. The molecule has 1 aliphatic rings. The number of hydrogen-bond acceptors (Lipinski definition) is 5. The number of rotatable bonds is 4. The first-order chi connectivity index (χ1) is 7.38. The van der Waals surface area contributed by atoms with Gasteiger partial charge in [-0.1, -0.05) is 0 Å². The highest BCUT2D eigenvalue weighted by atomic mass is 16.5. The van der Waals surface area contributed by atoms with E-state index in [1.807, 2.05) is 6.07 Å². The normalized spacial score (nSPS) is 20.5. The molecule has 82 valence electrons. The summed E-state index contributed by atoms with van der Waals surface area (Å²) >= 11 is 0. The zero-order valence-corrected chi connectivity index (χ0v) is 8.77. The summed E-state index contributed by atoms with van der Waals surface area (Å²) in [7, 11) is 1.64. The zero-order chi connectivity index (χ0) is 10.5. The van der Waals surface area contributed by atoms with E-state index >= 15 is 0 Å². The molecular formula is C10H15N3O2. The first-order valence-corrected chi connectivity index (χ1v) is 5.05. The fraction of sp³-hybridized carbons (Fsp3) is 0.600. The van der Waals surface area contributed by atoms with Gasteiger partial charge in [0.05, 0.1) is 12.3 Å². The molecule has 0 aromatic carbocycles. The fourth-order valence-electron chi connectivity index (χ4n) is 1.57. The summed E-state index contributed by atoms with van der Waals surface area (Å²) in [5.41, 5.74) is 0.841. The van der Waals surface area contributed by atoms with Crippen LogP contribution in [0, 0.1) is 0 Å². The predicted octanol–water partition coefficient (Wildman–Crippen LogP) is 0.364. The second kappa shape index (κ2) is 5.04. The lowest BCUT2D eigenvalue weighted by Gasteiger charge is -2.11. The Hall–Kier alpha value is -1.20. The average Bonchev–Trinajstić information content (AvgIpc) is 2.71. The van der Waals surface area contributed by atoms with Gasteiger partial charge < -0.3 is 14.8 Å². The van der Waals surface area contributed by atoms with Gasteiger partial charge in [-0.15, -0.1) is 0 Å². The van der Waals surface area contributed by atoms with Gasteiger partial charge in [0.15, 0.2) is 0 Å². The topological polar surface area (TPSA) is 56.3 Å². The molecule has 1 aromatic rings. The molecule has 1 fully saturated rings. The molecular weight excluding hydrogens is 194 g/mol. The number of ether oxygens (including phenoxy) is 2. The smallest absolute Gasteiger partial charge is 0.216 e. The Kier molecular flexibility index (Phi) is 3.47. The van der Waals surface area contributed by atoms with Gasteiger partial charge in [0.1, 0.15) is 12.4 Å². The van der Waals surface area contributed by atoms with E-state index in [0.29, 0.717) is 12.5 Å². The van der Waals surface area contributed by atoms with E-state index in [-0.39, 0.29) is 6.10 Å². The molecule has 1 aliphatic heterocycles. The van der Waals surface area contributed by atoms with E-state index in [2.05, 4.69) is 15.3 Å². The van der Waals surface area contributed by atoms with Gasteiger partial charge in [0.2, 0.25) is 5.88 Å². The van der Waals surface area contributed by atoms with E-state index in [0.717, 1.165) is 25.2 Å². The number of methoxy groups -OCH3 is 1. The van der Waals surface area contributed by atoms with Crippen molar-refractivity contribution in [1.29, 1.82) is 0 Å². The molecule has 5 nitrogen and oxygen atoms in total. The summed E-state index contributed by atoms with van der Waals surface area (Å²) in [6.45, 7) is 2.39. The SMILES string of the molecule is COCc1cc(OC2CCNC2)ncn1. The van der Waals surface area contributed by atoms with Gasteiger partial charge in [-0.3, -0.25) is 0 Å². The van der Waals surface area contributed by atoms with Crippen molar-refractivity contribution < 1.29 is 9.47 Å². The van der Waals surface area contributed by atoms with Crippen LogP contribution in [0.25, 0.3) is 0 Å². The van der Waals surface area contributed by atoms with Crippen molar-refractivity contribution in [3.63, 3.8) is 0 Å². The maximum Gasteiger partial charge on any atom is 0.216 e. The van der Waals surface area contributed by atoms with Crippen molar-refractivity contribution >= 4 is 0 Å². The first-order valence-electron chi connectivity index (χ1n) is 5.05. The molecule has 1 saturated heterocycles. The van der Waals surface area contributed by atoms with E-state index in [1.165, 1.54) is 6.33 Å². The van der Waals surface area contributed by atoms with Crippen LogP contribution < -0.4 is 10.1 Å². The lowest BCUT2D eigenvalue weighted by Crippen LogP contribution is -2.20. The highest BCUT2D eigenvalue weighted by Crippen LogP contribution is 2.12. The Morgan fingerprint density at radius 1 is 1.53 bits per heavy atom. The minimum absolute atomic E-state index is 0.232. The summed E-state index contributed by atoms with van der Waals surface area (Å²) in [6.07, 6.45) is 2.77. The summed E-state index contributed by atoms with van der Waals surface area (Å²) in [4.78, 5) is 8.14. The van der Waals surface area contributed by atoms with Crippen molar-refractivity contribution in [1.82, 2.24) is 15.3 Å². The van der Waals surface area contributed by atoms with Gasteiger partial charge in [0, 0.05) is 19.7 Å². The molecule has 15 heavy (non-hydrogen) atoms. The van der Waals surface area contributed by atoms with Crippen LogP contribution in [0.2, 0.25) is 0 Å². The highest BCUT2D eigenvalue weighted by molar-refractivity contribution is 5.13. The Morgan fingerprint density at radius 3 is 3.20 bits per heavy atom. The summed E-state index contributed by atoms with van der Waals surface area (Å²) in [6, 6.07) is 1.82. The van der Waals surface area contributed by atoms with Gasteiger partial charge in [-0.05, 0) is 13.0 Å². The minimum Gasteiger partial charge on any atom is -0.473 e. The Balaban J connectivity index is 1.97. The van der Waals surface area contributed by atoms with Gasteiger partial charge >= 0.3 is 0 Å². The molecule has 1 atom stereocenters. The molecule has 1 aromatic heterocycles. The highest BCUT2D eigenvalue weighted by Gasteiger charge is 2.16. The van der Waals surface area contributed by atoms with Crippen molar-refractivity contribution in [3.8, 4) is 5.88 Å². The van der Waals surface area contributed by atoms with Crippen molar-refractivity contribution in [2.75, 3.05) is 20.2 Å². The zero-order valence-electron chi connectivity index (χ0n) is 8.77. The number of nitrogens with one attached hydrogen (secondary N) is 1. The van der Waals surface area contributed by atoms with E-state index in [9.17, 15) is 0 Å². The van der Waals surface area contributed by atoms with Crippen LogP contribution in [0.3, 0.4) is 0 Å². The molecule has 0 spiro atoms. The van der Waals surface area contributed by atoms with Crippen LogP contribution in [-0.4, -0.2) is 36.3 Å². The Labute approximate surface area is 88.8 Å². The third-order valence-corrected chi connectivity index (χ3v) is 2.29. The molecule has 0 bridgehead atoms. The summed E-state index contributed by atoms with van der Waals surface area (Å²) in [5.74, 6) is 0.630. The molecule has 1 unspecified atom stereocenters. The maximum absolute atomic E-state index is 5.69. The van der Waals surface area contributed by atoms with Crippen molar-refractivity contribution in [2.45, 2.75) is 19.1 Å². The van der Waals surface area contributed by atoms with Crippen LogP contribution in [0.1, 0.15) is 12.1 Å². The van der Waals surface area contributed by atoms with Gasteiger partial charge in [-0.25, -0.2) is 9.97 Å². The van der Waals surface area contributed by atoms with Gasteiger partial charge in [0.25, 0.3) is 0 Å². The maximum atomic E-state index is 5.69. The molecule has 0 amide bonds. The van der Waals surface area contributed by atoms with Crippen LogP contribution >= 0.6 is 0 Å². The minimum atomic E-state index is 0.232. The lowest BCUT2D eigenvalue weighted by atomic mass is 10.3. The molecule has 2 rings (SSSR count). The second-order valence-corrected chi connectivity index (χ2v) is 3.51.